The maximum Gasteiger partial charge on any atom is 0.251 e. The van der Waals surface area contributed by atoms with Crippen molar-refractivity contribution in [2.24, 2.45) is 0 Å². The first-order chi connectivity index (χ1) is 13.2. The minimum absolute atomic E-state index is 0.114. The fourth-order valence-corrected chi connectivity index (χ4v) is 2.58. The van der Waals surface area contributed by atoms with Gasteiger partial charge in [-0.25, -0.2) is 4.68 Å². The second kappa shape index (κ2) is 9.28. The van der Waals surface area contributed by atoms with E-state index < -0.39 is 0 Å². The van der Waals surface area contributed by atoms with Crippen LogP contribution in [-0.4, -0.2) is 33.1 Å². The van der Waals surface area contributed by atoms with E-state index in [2.05, 4.69) is 20.7 Å². The molecule has 0 saturated carbocycles. The van der Waals surface area contributed by atoms with Gasteiger partial charge in [0.1, 0.15) is 5.82 Å². The quantitative estimate of drug-likeness (QED) is 0.602. The lowest BCUT2D eigenvalue weighted by Gasteiger charge is -2.09. The standard InChI is InChI=1S/C20H21N5O2/c26-19(9-5-12-22-20(27)17-7-2-1-3-8-17)24-18-10-13-23-25(18)15-16-6-4-11-21-14-16/h1-4,6-8,10-11,13-14H,5,9,12,15H2,(H,22,27)(H,24,26). The molecule has 2 N–H and O–H groups in total. The fraction of sp³-hybridized carbons (Fsp3) is 0.200. The Labute approximate surface area is 157 Å². The van der Waals surface area contributed by atoms with E-state index in [1.807, 2.05) is 30.3 Å². The van der Waals surface area contributed by atoms with Gasteiger partial charge in [0, 0.05) is 37.0 Å². The highest BCUT2D eigenvalue weighted by molar-refractivity contribution is 5.94. The average Bonchev–Trinajstić information content (AvgIpc) is 3.13. The Morgan fingerprint density at radius 3 is 2.63 bits per heavy atom. The van der Waals surface area contributed by atoms with Crippen molar-refractivity contribution < 1.29 is 9.59 Å². The minimum Gasteiger partial charge on any atom is -0.352 e. The lowest BCUT2D eigenvalue weighted by molar-refractivity contribution is -0.116. The normalized spacial score (nSPS) is 10.4. The van der Waals surface area contributed by atoms with Gasteiger partial charge in [-0.05, 0) is 30.2 Å². The molecule has 2 aromatic heterocycles. The van der Waals surface area contributed by atoms with Gasteiger partial charge in [0.15, 0.2) is 0 Å². The van der Waals surface area contributed by atoms with Crippen LogP contribution in [0.15, 0.2) is 67.1 Å². The molecular formula is C20H21N5O2. The number of rotatable bonds is 8. The van der Waals surface area contributed by atoms with E-state index in [9.17, 15) is 9.59 Å². The molecule has 7 nitrogen and oxygen atoms in total. The molecule has 0 spiro atoms. The highest BCUT2D eigenvalue weighted by atomic mass is 16.2. The third-order valence-electron chi connectivity index (χ3n) is 3.94. The number of anilines is 1. The minimum atomic E-state index is -0.134. The third-order valence-corrected chi connectivity index (χ3v) is 3.94. The van der Waals surface area contributed by atoms with Crippen LogP contribution < -0.4 is 10.6 Å². The first kappa shape index (κ1) is 18.3. The zero-order valence-corrected chi connectivity index (χ0v) is 14.8. The number of hydrogen-bond donors (Lipinski definition) is 2. The molecule has 2 amide bonds. The summed E-state index contributed by atoms with van der Waals surface area (Å²) in [5.74, 6) is 0.389. The molecule has 0 atom stereocenters. The van der Waals surface area contributed by atoms with Crippen LogP contribution in [0, 0.1) is 0 Å². The van der Waals surface area contributed by atoms with Gasteiger partial charge in [0.2, 0.25) is 5.91 Å². The van der Waals surface area contributed by atoms with Gasteiger partial charge in [-0.2, -0.15) is 5.10 Å². The van der Waals surface area contributed by atoms with Crippen molar-refractivity contribution in [1.29, 1.82) is 0 Å². The van der Waals surface area contributed by atoms with Crippen molar-refractivity contribution in [3.05, 3.63) is 78.2 Å². The number of nitrogens with one attached hydrogen (secondary N) is 2. The van der Waals surface area contributed by atoms with E-state index in [1.54, 1.807) is 41.5 Å². The average molecular weight is 363 g/mol. The first-order valence-electron chi connectivity index (χ1n) is 8.76. The predicted octanol–water partition coefficient (Wildman–Crippen LogP) is 2.48. The maximum atomic E-state index is 12.2. The first-order valence-corrected chi connectivity index (χ1v) is 8.76. The Morgan fingerprint density at radius 2 is 1.85 bits per heavy atom. The maximum absolute atomic E-state index is 12.2. The van der Waals surface area contributed by atoms with E-state index in [1.165, 1.54) is 0 Å². The summed E-state index contributed by atoms with van der Waals surface area (Å²) in [5, 5.41) is 9.91. The number of aromatic nitrogens is 3. The molecule has 0 aliphatic carbocycles. The largest absolute Gasteiger partial charge is 0.352 e. The lowest BCUT2D eigenvalue weighted by atomic mass is 10.2. The number of carbonyl (C=O) groups excluding carboxylic acids is 2. The van der Waals surface area contributed by atoms with Gasteiger partial charge in [0.05, 0.1) is 12.7 Å². The molecule has 27 heavy (non-hydrogen) atoms. The van der Waals surface area contributed by atoms with Gasteiger partial charge in [-0.3, -0.25) is 14.6 Å². The topological polar surface area (TPSA) is 88.9 Å². The van der Waals surface area contributed by atoms with Crippen LogP contribution in [0.3, 0.4) is 0 Å². The zero-order valence-electron chi connectivity index (χ0n) is 14.8. The molecular weight excluding hydrogens is 342 g/mol. The molecule has 2 heterocycles. The van der Waals surface area contributed by atoms with E-state index in [0.717, 1.165) is 5.56 Å². The smallest absolute Gasteiger partial charge is 0.251 e. The number of amides is 2. The summed E-state index contributed by atoms with van der Waals surface area (Å²) in [7, 11) is 0. The number of hydrogen-bond acceptors (Lipinski definition) is 4. The number of pyridine rings is 1. The van der Waals surface area contributed by atoms with Crippen molar-refractivity contribution in [2.75, 3.05) is 11.9 Å². The van der Waals surface area contributed by atoms with Gasteiger partial charge < -0.3 is 10.6 Å². The summed E-state index contributed by atoms with van der Waals surface area (Å²) < 4.78 is 1.71. The zero-order chi connectivity index (χ0) is 18.9. The Morgan fingerprint density at radius 1 is 1.00 bits per heavy atom. The third kappa shape index (κ3) is 5.50. The summed E-state index contributed by atoms with van der Waals surface area (Å²) in [6.07, 6.45) is 5.99. The van der Waals surface area contributed by atoms with Gasteiger partial charge in [-0.1, -0.05) is 24.3 Å². The lowest BCUT2D eigenvalue weighted by Crippen LogP contribution is -2.25. The van der Waals surface area contributed by atoms with Crippen LogP contribution in [0.25, 0.3) is 0 Å². The second-order valence-electron chi connectivity index (χ2n) is 6.01. The molecule has 3 rings (SSSR count). The van der Waals surface area contributed by atoms with E-state index in [0.29, 0.717) is 37.3 Å². The van der Waals surface area contributed by atoms with Crippen LogP contribution >= 0.6 is 0 Å². The van der Waals surface area contributed by atoms with Crippen molar-refractivity contribution >= 4 is 17.6 Å². The molecule has 1 aromatic carbocycles. The van der Waals surface area contributed by atoms with Crippen molar-refractivity contribution in [2.45, 2.75) is 19.4 Å². The van der Waals surface area contributed by atoms with Crippen LogP contribution in [0.4, 0.5) is 5.82 Å². The Bertz CT molecular complexity index is 878. The molecule has 0 radical (unpaired) electrons. The number of nitrogens with zero attached hydrogens (tertiary/aromatic N) is 3. The summed E-state index contributed by atoms with van der Waals surface area (Å²) in [6, 6.07) is 14.6. The molecule has 0 saturated heterocycles. The molecule has 7 heteroatoms. The summed E-state index contributed by atoms with van der Waals surface area (Å²) in [6.45, 7) is 0.972. The van der Waals surface area contributed by atoms with Gasteiger partial charge >= 0.3 is 0 Å². The summed E-state index contributed by atoms with van der Waals surface area (Å²) >= 11 is 0. The van der Waals surface area contributed by atoms with E-state index in [-0.39, 0.29) is 11.8 Å². The monoisotopic (exact) mass is 363 g/mol. The molecule has 0 fully saturated rings. The highest BCUT2D eigenvalue weighted by Gasteiger charge is 2.09. The van der Waals surface area contributed by atoms with Crippen LogP contribution in [-0.2, 0) is 11.3 Å². The molecule has 138 valence electrons. The van der Waals surface area contributed by atoms with Crippen LogP contribution in [0.1, 0.15) is 28.8 Å². The van der Waals surface area contributed by atoms with Crippen LogP contribution in [0.5, 0.6) is 0 Å². The Kier molecular flexibility index (Phi) is 6.30. The van der Waals surface area contributed by atoms with E-state index >= 15 is 0 Å². The Hall–Kier alpha value is -3.48. The fourth-order valence-electron chi connectivity index (χ4n) is 2.58. The van der Waals surface area contributed by atoms with E-state index in [4.69, 9.17) is 0 Å². The molecule has 0 bridgehead atoms. The number of benzene rings is 1. The highest BCUT2D eigenvalue weighted by Crippen LogP contribution is 2.10. The second-order valence-corrected chi connectivity index (χ2v) is 6.01. The molecule has 3 aromatic rings. The summed E-state index contributed by atoms with van der Waals surface area (Å²) in [4.78, 5) is 28.2. The van der Waals surface area contributed by atoms with Gasteiger partial charge in [-0.15, -0.1) is 0 Å². The molecule has 0 unspecified atom stereocenters. The van der Waals surface area contributed by atoms with Gasteiger partial charge in [0.25, 0.3) is 5.91 Å². The molecule has 0 aliphatic heterocycles. The van der Waals surface area contributed by atoms with Crippen molar-refractivity contribution in [1.82, 2.24) is 20.1 Å². The van der Waals surface area contributed by atoms with Crippen molar-refractivity contribution in [3.8, 4) is 0 Å². The van der Waals surface area contributed by atoms with Crippen molar-refractivity contribution in [3.63, 3.8) is 0 Å². The number of carbonyl (C=O) groups is 2. The SMILES string of the molecule is O=C(CCCNC(=O)c1ccccc1)Nc1ccnn1Cc1cccnc1. The van der Waals surface area contributed by atoms with Crippen LogP contribution in [0.2, 0.25) is 0 Å². The summed E-state index contributed by atoms with van der Waals surface area (Å²) in [5.41, 5.74) is 1.61. The molecule has 0 aliphatic rings. The Balaban J connectivity index is 1.42. The predicted molar refractivity (Wildman–Crippen MR) is 102 cm³/mol.